The molecule has 0 aromatic heterocycles. The van der Waals surface area contributed by atoms with Gasteiger partial charge in [0.15, 0.2) is 0 Å². The average molecular weight is 201 g/mol. The molecule has 1 fully saturated rings. The highest BCUT2D eigenvalue weighted by Crippen LogP contribution is 2.22. The average Bonchev–Trinajstić information content (AvgIpc) is 2.20. The van der Waals surface area contributed by atoms with E-state index in [2.05, 4.69) is 11.8 Å². The van der Waals surface area contributed by atoms with E-state index in [9.17, 15) is 0 Å². The van der Waals surface area contributed by atoms with Gasteiger partial charge in [0.1, 0.15) is 5.72 Å². The molecule has 0 aromatic carbocycles. The zero-order chi connectivity index (χ0) is 10.4. The van der Waals surface area contributed by atoms with Gasteiger partial charge in [-0.25, -0.2) is 0 Å². The van der Waals surface area contributed by atoms with Crippen molar-refractivity contribution in [3.8, 4) is 0 Å². The summed E-state index contributed by atoms with van der Waals surface area (Å²) in [6, 6.07) is 0. The van der Waals surface area contributed by atoms with Crippen molar-refractivity contribution >= 4 is 0 Å². The lowest BCUT2D eigenvalue weighted by Gasteiger charge is -2.42. The monoisotopic (exact) mass is 201 g/mol. The Kier molecular flexibility index (Phi) is 4.85. The first-order valence-corrected chi connectivity index (χ1v) is 5.61. The molecule has 0 aliphatic carbocycles. The quantitative estimate of drug-likeness (QED) is 0.678. The molecule has 1 aliphatic heterocycles. The first-order chi connectivity index (χ1) is 6.73. The molecule has 1 saturated heterocycles. The minimum absolute atomic E-state index is 0.218. The molecule has 1 heterocycles. The molecule has 14 heavy (non-hydrogen) atoms. The van der Waals surface area contributed by atoms with Crippen LogP contribution in [0.1, 0.15) is 33.1 Å². The van der Waals surface area contributed by atoms with Crippen LogP contribution < -0.4 is 0 Å². The Hall–Kier alpha value is -0.120. The second kappa shape index (κ2) is 5.69. The molecule has 1 atom stereocenters. The fraction of sp³-hybridized carbons (Fsp3) is 1.00. The zero-order valence-corrected chi connectivity index (χ0v) is 9.71. The van der Waals surface area contributed by atoms with Gasteiger partial charge in [-0.15, -0.1) is 0 Å². The predicted octanol–water partition coefficient (Wildman–Crippen LogP) is 1.87. The molecule has 1 unspecified atom stereocenters. The number of rotatable bonds is 5. The maximum Gasteiger partial charge on any atom is 0.142 e. The molecule has 3 heteroatoms. The number of nitrogens with zero attached hydrogens (tertiary/aromatic N) is 1. The van der Waals surface area contributed by atoms with Crippen molar-refractivity contribution in [2.75, 3.05) is 33.4 Å². The summed E-state index contributed by atoms with van der Waals surface area (Å²) >= 11 is 0. The number of methoxy groups -OCH3 is 1. The van der Waals surface area contributed by atoms with Gasteiger partial charge in [0.05, 0.1) is 6.61 Å². The molecule has 0 radical (unpaired) electrons. The Bertz CT molecular complexity index is 149. The van der Waals surface area contributed by atoms with E-state index in [-0.39, 0.29) is 5.72 Å². The van der Waals surface area contributed by atoms with E-state index in [1.807, 2.05) is 6.92 Å². The summed E-state index contributed by atoms with van der Waals surface area (Å²) in [7, 11) is 1.74. The molecular formula is C11H23NO2. The summed E-state index contributed by atoms with van der Waals surface area (Å²) in [6.07, 6.45) is 3.92. The summed E-state index contributed by atoms with van der Waals surface area (Å²) < 4.78 is 11.1. The van der Waals surface area contributed by atoms with Crippen LogP contribution in [-0.4, -0.2) is 44.0 Å². The van der Waals surface area contributed by atoms with E-state index < -0.39 is 0 Å². The number of hydrogen-bond acceptors (Lipinski definition) is 3. The van der Waals surface area contributed by atoms with Crippen LogP contribution in [0, 0.1) is 0 Å². The van der Waals surface area contributed by atoms with Crippen molar-refractivity contribution in [1.82, 2.24) is 4.90 Å². The highest BCUT2D eigenvalue weighted by molar-refractivity contribution is 4.79. The molecule has 0 aromatic rings. The molecule has 0 saturated carbocycles. The highest BCUT2D eigenvalue weighted by atomic mass is 16.6. The van der Waals surface area contributed by atoms with Gasteiger partial charge in [-0.3, -0.25) is 4.90 Å². The predicted molar refractivity (Wildman–Crippen MR) is 57.3 cm³/mol. The topological polar surface area (TPSA) is 21.7 Å². The fourth-order valence-corrected chi connectivity index (χ4v) is 2.17. The van der Waals surface area contributed by atoms with E-state index >= 15 is 0 Å². The highest BCUT2D eigenvalue weighted by Gasteiger charge is 2.33. The SMILES string of the molecule is CCOC(C)(COC)N1CCCCC1. The molecule has 3 nitrogen and oxygen atoms in total. The number of likely N-dealkylation sites (tertiary alicyclic amines) is 1. The zero-order valence-electron chi connectivity index (χ0n) is 9.71. The van der Waals surface area contributed by atoms with Gasteiger partial charge >= 0.3 is 0 Å². The number of ether oxygens (including phenoxy) is 2. The van der Waals surface area contributed by atoms with Crippen molar-refractivity contribution in [3.05, 3.63) is 0 Å². The van der Waals surface area contributed by atoms with E-state index in [1.54, 1.807) is 7.11 Å². The van der Waals surface area contributed by atoms with Crippen LogP contribution in [0.25, 0.3) is 0 Å². The van der Waals surface area contributed by atoms with E-state index in [4.69, 9.17) is 9.47 Å². The van der Waals surface area contributed by atoms with Crippen LogP contribution in [-0.2, 0) is 9.47 Å². The summed E-state index contributed by atoms with van der Waals surface area (Å²) in [4.78, 5) is 2.41. The Morgan fingerprint density at radius 1 is 1.21 bits per heavy atom. The third-order valence-electron chi connectivity index (χ3n) is 2.89. The van der Waals surface area contributed by atoms with E-state index in [0.29, 0.717) is 6.61 Å². The molecule has 0 bridgehead atoms. The van der Waals surface area contributed by atoms with Gasteiger partial charge in [0, 0.05) is 26.8 Å². The van der Waals surface area contributed by atoms with Crippen LogP contribution in [0.2, 0.25) is 0 Å². The van der Waals surface area contributed by atoms with Crippen molar-refractivity contribution in [3.63, 3.8) is 0 Å². The van der Waals surface area contributed by atoms with Gasteiger partial charge < -0.3 is 9.47 Å². The van der Waals surface area contributed by atoms with Gasteiger partial charge in [0.25, 0.3) is 0 Å². The van der Waals surface area contributed by atoms with Crippen LogP contribution in [0.4, 0.5) is 0 Å². The summed E-state index contributed by atoms with van der Waals surface area (Å²) in [6.45, 7) is 7.85. The molecule has 0 N–H and O–H groups in total. The summed E-state index contributed by atoms with van der Waals surface area (Å²) in [5.74, 6) is 0. The van der Waals surface area contributed by atoms with Gasteiger partial charge in [-0.2, -0.15) is 0 Å². The van der Waals surface area contributed by atoms with Crippen molar-refractivity contribution < 1.29 is 9.47 Å². The van der Waals surface area contributed by atoms with Gasteiger partial charge in [-0.05, 0) is 26.7 Å². The van der Waals surface area contributed by atoms with Gasteiger partial charge in [-0.1, -0.05) is 6.42 Å². The third kappa shape index (κ3) is 2.94. The Balaban J connectivity index is 2.54. The van der Waals surface area contributed by atoms with E-state index in [1.165, 1.54) is 19.3 Å². The Labute approximate surface area is 87.4 Å². The smallest absolute Gasteiger partial charge is 0.142 e. The lowest BCUT2D eigenvalue weighted by atomic mass is 10.1. The molecule has 84 valence electrons. The second-order valence-corrected chi connectivity index (χ2v) is 4.09. The molecule has 1 rings (SSSR count). The van der Waals surface area contributed by atoms with Crippen LogP contribution >= 0.6 is 0 Å². The van der Waals surface area contributed by atoms with Crippen molar-refractivity contribution in [1.29, 1.82) is 0 Å². The lowest BCUT2D eigenvalue weighted by molar-refractivity contribution is -0.175. The lowest BCUT2D eigenvalue weighted by Crippen LogP contribution is -2.53. The molecule has 1 aliphatic rings. The van der Waals surface area contributed by atoms with Crippen LogP contribution in [0.15, 0.2) is 0 Å². The van der Waals surface area contributed by atoms with Crippen molar-refractivity contribution in [2.45, 2.75) is 38.8 Å². The minimum Gasteiger partial charge on any atom is -0.380 e. The molecule has 0 amide bonds. The standard InChI is InChI=1S/C11H23NO2/c1-4-14-11(2,10-13-3)12-8-6-5-7-9-12/h4-10H2,1-3H3. The first kappa shape index (κ1) is 12.0. The van der Waals surface area contributed by atoms with E-state index in [0.717, 1.165) is 19.7 Å². The maximum atomic E-state index is 5.81. The molecular weight excluding hydrogens is 178 g/mol. The maximum absolute atomic E-state index is 5.81. The Morgan fingerprint density at radius 2 is 1.86 bits per heavy atom. The fourth-order valence-electron chi connectivity index (χ4n) is 2.17. The van der Waals surface area contributed by atoms with Crippen LogP contribution in [0.5, 0.6) is 0 Å². The van der Waals surface area contributed by atoms with Crippen molar-refractivity contribution in [2.24, 2.45) is 0 Å². The minimum atomic E-state index is -0.218. The first-order valence-electron chi connectivity index (χ1n) is 5.61. The Morgan fingerprint density at radius 3 is 2.36 bits per heavy atom. The van der Waals surface area contributed by atoms with Crippen LogP contribution in [0.3, 0.4) is 0 Å². The van der Waals surface area contributed by atoms with Gasteiger partial charge in [0.2, 0.25) is 0 Å². The summed E-state index contributed by atoms with van der Waals surface area (Å²) in [5, 5.41) is 0. The molecule has 0 spiro atoms. The number of hydrogen-bond donors (Lipinski definition) is 0. The summed E-state index contributed by atoms with van der Waals surface area (Å²) in [5.41, 5.74) is -0.218. The largest absolute Gasteiger partial charge is 0.380 e. The number of piperidine rings is 1. The third-order valence-corrected chi connectivity index (χ3v) is 2.89. The second-order valence-electron chi connectivity index (χ2n) is 4.09. The normalized spacial score (nSPS) is 23.4.